The lowest BCUT2D eigenvalue weighted by Crippen LogP contribution is -2.28. The van der Waals surface area contributed by atoms with E-state index >= 15 is 0 Å². The molecule has 4 nitrogen and oxygen atoms in total. The minimum atomic E-state index is -0.510. The summed E-state index contributed by atoms with van der Waals surface area (Å²) in [7, 11) is 1.65. The summed E-state index contributed by atoms with van der Waals surface area (Å²) in [4.78, 5) is 0. The number of ether oxygens (including phenoxy) is 2. The Morgan fingerprint density at radius 1 is 1.24 bits per heavy atom. The Balaban J connectivity index is 1.80. The quantitative estimate of drug-likeness (QED) is 0.773. The molecule has 0 saturated carbocycles. The molecule has 1 aliphatic carbocycles. The lowest BCUT2D eigenvalue weighted by Gasteiger charge is -2.21. The molecule has 1 aliphatic rings. The predicted octanol–water partition coefficient (Wildman–Crippen LogP) is 2.39. The van der Waals surface area contributed by atoms with Gasteiger partial charge in [0.25, 0.3) is 0 Å². The summed E-state index contributed by atoms with van der Waals surface area (Å²) in [5.41, 5.74) is 4.03. The highest BCUT2D eigenvalue weighted by atomic mass is 16.5. The maximum atomic E-state index is 10.0. The number of aliphatic hydroxyl groups is 1. The van der Waals surface area contributed by atoms with E-state index in [2.05, 4.69) is 23.5 Å². The van der Waals surface area contributed by atoms with Gasteiger partial charge < -0.3 is 19.9 Å². The molecule has 2 N–H and O–H groups in total. The van der Waals surface area contributed by atoms with Crippen LogP contribution in [0.5, 0.6) is 0 Å². The molecule has 0 heterocycles. The second-order valence-corrected chi connectivity index (χ2v) is 5.78. The topological polar surface area (TPSA) is 50.7 Å². The highest BCUT2D eigenvalue weighted by molar-refractivity contribution is 5.55. The van der Waals surface area contributed by atoms with Gasteiger partial charge >= 0.3 is 0 Å². The first-order valence-corrected chi connectivity index (χ1v) is 7.84. The second kappa shape index (κ2) is 8.37. The van der Waals surface area contributed by atoms with Crippen LogP contribution < -0.4 is 5.32 Å². The van der Waals surface area contributed by atoms with E-state index in [0.29, 0.717) is 19.8 Å². The Labute approximate surface area is 127 Å². The van der Waals surface area contributed by atoms with Crippen molar-refractivity contribution in [1.29, 1.82) is 0 Å². The van der Waals surface area contributed by atoms with Crippen LogP contribution >= 0.6 is 0 Å². The van der Waals surface area contributed by atoms with Gasteiger partial charge in [-0.3, -0.25) is 0 Å². The first-order chi connectivity index (χ1) is 10.2. The first-order valence-electron chi connectivity index (χ1n) is 7.84. The number of aliphatic hydroxyl groups excluding tert-OH is 1. The molecule has 118 valence electrons. The molecular formula is C17H27NO3. The summed E-state index contributed by atoms with van der Waals surface area (Å²) in [6.07, 6.45) is 4.34. The van der Waals surface area contributed by atoms with Crippen LogP contribution in [0.15, 0.2) is 18.2 Å². The minimum absolute atomic E-state index is 0.00846. The van der Waals surface area contributed by atoms with Crippen molar-refractivity contribution in [2.45, 2.75) is 44.8 Å². The van der Waals surface area contributed by atoms with E-state index in [1.807, 2.05) is 6.92 Å². The molecule has 2 atom stereocenters. The van der Waals surface area contributed by atoms with Crippen LogP contribution in [0.2, 0.25) is 0 Å². The van der Waals surface area contributed by atoms with Crippen molar-refractivity contribution < 1.29 is 14.6 Å². The molecule has 0 saturated heterocycles. The Hall–Kier alpha value is -1.10. The van der Waals surface area contributed by atoms with Crippen molar-refractivity contribution >= 4 is 5.69 Å². The van der Waals surface area contributed by atoms with Gasteiger partial charge in [0.1, 0.15) is 0 Å². The largest absolute Gasteiger partial charge is 0.389 e. The third kappa shape index (κ3) is 4.99. The van der Waals surface area contributed by atoms with Crippen LogP contribution in [0.4, 0.5) is 5.69 Å². The van der Waals surface area contributed by atoms with Crippen molar-refractivity contribution in [3.63, 3.8) is 0 Å². The molecule has 2 unspecified atom stereocenters. The van der Waals surface area contributed by atoms with E-state index < -0.39 is 6.10 Å². The number of fused-ring (bicyclic) bond motifs is 1. The SMILES string of the molecule is COCC(C)OCC(O)CNc1cccc2c1CCCC2. The molecule has 0 fully saturated rings. The molecule has 21 heavy (non-hydrogen) atoms. The molecule has 1 aromatic carbocycles. The van der Waals surface area contributed by atoms with Crippen molar-refractivity contribution in [3.05, 3.63) is 29.3 Å². The summed E-state index contributed by atoms with van der Waals surface area (Å²) >= 11 is 0. The summed E-state index contributed by atoms with van der Waals surface area (Å²) in [6, 6.07) is 6.41. The number of anilines is 1. The highest BCUT2D eigenvalue weighted by Gasteiger charge is 2.14. The normalized spacial score (nSPS) is 17.1. The van der Waals surface area contributed by atoms with Crippen LogP contribution in [0.3, 0.4) is 0 Å². The third-order valence-electron chi connectivity index (χ3n) is 3.90. The molecule has 0 bridgehead atoms. The van der Waals surface area contributed by atoms with Crippen LogP contribution in [-0.4, -0.2) is 44.2 Å². The van der Waals surface area contributed by atoms with Crippen molar-refractivity contribution in [2.75, 3.05) is 32.2 Å². The highest BCUT2D eigenvalue weighted by Crippen LogP contribution is 2.27. The molecule has 2 rings (SSSR count). The molecule has 0 spiro atoms. The van der Waals surface area contributed by atoms with E-state index in [4.69, 9.17) is 9.47 Å². The molecule has 0 aliphatic heterocycles. The fraction of sp³-hybridized carbons (Fsp3) is 0.647. The fourth-order valence-electron chi connectivity index (χ4n) is 2.79. The van der Waals surface area contributed by atoms with E-state index in [-0.39, 0.29) is 6.10 Å². The van der Waals surface area contributed by atoms with Crippen LogP contribution in [0, 0.1) is 0 Å². The number of rotatable bonds is 8. The molecule has 4 heteroatoms. The third-order valence-corrected chi connectivity index (χ3v) is 3.90. The van der Waals surface area contributed by atoms with E-state index in [1.54, 1.807) is 7.11 Å². The van der Waals surface area contributed by atoms with Crippen molar-refractivity contribution in [1.82, 2.24) is 0 Å². The maximum absolute atomic E-state index is 10.0. The average Bonchev–Trinajstić information content (AvgIpc) is 2.51. The molecule has 1 aromatic rings. The van der Waals surface area contributed by atoms with Gasteiger partial charge in [0.2, 0.25) is 0 Å². The average molecular weight is 293 g/mol. The van der Waals surface area contributed by atoms with Gasteiger partial charge in [-0.15, -0.1) is 0 Å². The summed E-state index contributed by atoms with van der Waals surface area (Å²) < 4.78 is 10.5. The van der Waals surface area contributed by atoms with E-state index in [0.717, 1.165) is 12.1 Å². The van der Waals surface area contributed by atoms with E-state index in [9.17, 15) is 5.11 Å². The zero-order valence-corrected chi connectivity index (χ0v) is 13.1. The Bertz CT molecular complexity index is 436. The second-order valence-electron chi connectivity index (χ2n) is 5.78. The summed E-state index contributed by atoms with van der Waals surface area (Å²) in [5.74, 6) is 0. The Morgan fingerprint density at radius 2 is 2.05 bits per heavy atom. The van der Waals surface area contributed by atoms with Gasteiger partial charge in [-0.1, -0.05) is 12.1 Å². The lowest BCUT2D eigenvalue weighted by atomic mass is 9.90. The van der Waals surface area contributed by atoms with Crippen LogP contribution in [0.1, 0.15) is 30.9 Å². The first kappa shape index (κ1) is 16.3. The van der Waals surface area contributed by atoms with Gasteiger partial charge in [0, 0.05) is 19.3 Å². The predicted molar refractivity (Wildman–Crippen MR) is 84.9 cm³/mol. The van der Waals surface area contributed by atoms with Gasteiger partial charge in [-0.05, 0) is 49.8 Å². The van der Waals surface area contributed by atoms with Crippen LogP contribution in [-0.2, 0) is 22.3 Å². The Kier molecular flexibility index (Phi) is 6.49. The Morgan fingerprint density at radius 3 is 2.86 bits per heavy atom. The summed E-state index contributed by atoms with van der Waals surface area (Å²) in [6.45, 7) is 3.33. The number of hydrogen-bond donors (Lipinski definition) is 2. The van der Waals surface area contributed by atoms with Crippen molar-refractivity contribution in [3.8, 4) is 0 Å². The monoisotopic (exact) mass is 293 g/mol. The van der Waals surface area contributed by atoms with Gasteiger partial charge in [0.15, 0.2) is 0 Å². The number of aryl methyl sites for hydroxylation is 1. The fourth-order valence-corrected chi connectivity index (χ4v) is 2.79. The van der Waals surface area contributed by atoms with Crippen molar-refractivity contribution in [2.24, 2.45) is 0 Å². The lowest BCUT2D eigenvalue weighted by molar-refractivity contribution is -0.0282. The number of nitrogens with one attached hydrogen (secondary N) is 1. The molecule has 0 radical (unpaired) electrons. The zero-order chi connectivity index (χ0) is 15.1. The van der Waals surface area contributed by atoms with Gasteiger partial charge in [-0.2, -0.15) is 0 Å². The zero-order valence-electron chi connectivity index (χ0n) is 13.1. The maximum Gasteiger partial charge on any atom is 0.0945 e. The van der Waals surface area contributed by atoms with E-state index in [1.165, 1.54) is 30.4 Å². The summed E-state index contributed by atoms with van der Waals surface area (Å²) in [5, 5.41) is 13.4. The number of benzene rings is 1. The molecule has 0 amide bonds. The number of hydrogen-bond acceptors (Lipinski definition) is 4. The molecule has 0 aromatic heterocycles. The number of methoxy groups -OCH3 is 1. The van der Waals surface area contributed by atoms with Gasteiger partial charge in [0.05, 0.1) is 25.4 Å². The van der Waals surface area contributed by atoms with Crippen LogP contribution in [0.25, 0.3) is 0 Å². The standard InChI is InChI=1S/C17H27NO3/c1-13(11-20-2)21-12-15(19)10-18-17-9-5-7-14-6-3-4-8-16(14)17/h5,7,9,13,15,18-19H,3-4,6,8,10-12H2,1-2H3. The molecular weight excluding hydrogens is 266 g/mol. The smallest absolute Gasteiger partial charge is 0.0945 e. The van der Waals surface area contributed by atoms with Gasteiger partial charge in [-0.25, -0.2) is 0 Å². The minimum Gasteiger partial charge on any atom is -0.389 e.